The van der Waals surface area contributed by atoms with E-state index in [1.54, 1.807) is 0 Å². The molecule has 5 aromatic carbocycles. The van der Waals surface area contributed by atoms with Crippen LogP contribution in [0.3, 0.4) is 0 Å². The van der Waals surface area contributed by atoms with Crippen LogP contribution in [0.1, 0.15) is 17.7 Å². The third-order valence-corrected chi connectivity index (χ3v) is 7.46. The molecule has 38 heavy (non-hydrogen) atoms. The van der Waals surface area contributed by atoms with Crippen molar-refractivity contribution < 1.29 is 0 Å². The molecular formula is C36H28N2. The van der Waals surface area contributed by atoms with Crippen molar-refractivity contribution in [2.24, 2.45) is 0 Å². The van der Waals surface area contributed by atoms with E-state index >= 15 is 0 Å². The zero-order valence-corrected chi connectivity index (χ0v) is 21.1. The zero-order chi connectivity index (χ0) is 25.3. The summed E-state index contributed by atoms with van der Waals surface area (Å²) in [5.41, 5.74) is 12.3. The largest absolute Gasteiger partial charge is 0.356 e. The minimum atomic E-state index is 1.08. The van der Waals surface area contributed by atoms with E-state index in [4.69, 9.17) is 0 Å². The summed E-state index contributed by atoms with van der Waals surface area (Å²) in [6.45, 7) is 0. The highest BCUT2D eigenvalue weighted by Gasteiger charge is 2.18. The molecule has 1 heterocycles. The fourth-order valence-corrected chi connectivity index (χ4v) is 5.58. The molecule has 0 atom stereocenters. The van der Waals surface area contributed by atoms with Crippen LogP contribution in [0.15, 0.2) is 133 Å². The molecule has 0 unspecified atom stereocenters. The normalized spacial score (nSPS) is 12.4. The molecule has 0 aliphatic heterocycles. The lowest BCUT2D eigenvalue weighted by molar-refractivity contribution is 0.968. The van der Waals surface area contributed by atoms with E-state index < -0.39 is 0 Å². The van der Waals surface area contributed by atoms with Gasteiger partial charge in [-0.3, -0.25) is 0 Å². The van der Waals surface area contributed by atoms with Crippen LogP contribution in [-0.4, -0.2) is 4.57 Å². The molecule has 0 saturated carbocycles. The maximum Gasteiger partial charge on any atom is 0.0537 e. The van der Waals surface area contributed by atoms with Crippen molar-refractivity contribution in [2.75, 3.05) is 5.32 Å². The van der Waals surface area contributed by atoms with Gasteiger partial charge in [-0.25, -0.2) is 0 Å². The lowest BCUT2D eigenvalue weighted by Crippen LogP contribution is -2.00. The average Bonchev–Trinajstić information content (AvgIpc) is 3.33. The second-order valence-electron chi connectivity index (χ2n) is 9.85. The van der Waals surface area contributed by atoms with Crippen molar-refractivity contribution in [1.29, 1.82) is 0 Å². The van der Waals surface area contributed by atoms with Gasteiger partial charge in [0.1, 0.15) is 0 Å². The van der Waals surface area contributed by atoms with E-state index in [2.05, 4.69) is 143 Å². The Hall–Kier alpha value is -4.82. The highest BCUT2D eigenvalue weighted by atomic mass is 15.0. The van der Waals surface area contributed by atoms with E-state index in [1.165, 1.54) is 50.1 Å². The quantitative estimate of drug-likeness (QED) is 0.256. The molecule has 6 aromatic rings. The minimum absolute atomic E-state index is 1.08. The number of para-hydroxylation sites is 1. The van der Waals surface area contributed by atoms with Crippen LogP contribution in [0, 0.1) is 0 Å². The highest BCUT2D eigenvalue weighted by molar-refractivity contribution is 5.91. The first kappa shape index (κ1) is 22.4. The van der Waals surface area contributed by atoms with E-state index in [0.717, 1.165) is 24.2 Å². The van der Waals surface area contributed by atoms with Crippen molar-refractivity contribution >= 4 is 28.4 Å². The summed E-state index contributed by atoms with van der Waals surface area (Å²) in [4.78, 5) is 0. The maximum atomic E-state index is 3.54. The summed E-state index contributed by atoms with van der Waals surface area (Å²) in [6, 6.07) is 45.4. The van der Waals surface area contributed by atoms with Crippen molar-refractivity contribution in [1.82, 2.24) is 4.57 Å². The van der Waals surface area contributed by atoms with E-state index in [1.807, 2.05) is 6.07 Å². The van der Waals surface area contributed by atoms with E-state index in [0.29, 0.717) is 0 Å². The lowest BCUT2D eigenvalue weighted by Gasteiger charge is -2.14. The Morgan fingerprint density at radius 1 is 0.553 bits per heavy atom. The van der Waals surface area contributed by atoms with Crippen LogP contribution < -0.4 is 5.32 Å². The summed E-state index contributed by atoms with van der Waals surface area (Å²) in [5.74, 6) is 0. The first-order valence-electron chi connectivity index (χ1n) is 13.3. The second kappa shape index (κ2) is 9.57. The SMILES string of the molecule is C1=Cc2c(c3ccccc3n2-c2cccc(-c3ccc(Nc4ccc(-c5ccccc5)cc4)cc3)c2)CC1. The number of allylic oxidation sites excluding steroid dienone is 1. The van der Waals surface area contributed by atoms with Gasteiger partial charge in [0.05, 0.1) is 5.52 Å². The molecule has 1 aliphatic carbocycles. The Balaban J connectivity index is 1.16. The topological polar surface area (TPSA) is 17.0 Å². The summed E-state index contributed by atoms with van der Waals surface area (Å²) in [7, 11) is 0. The number of hydrogen-bond donors (Lipinski definition) is 1. The van der Waals surface area contributed by atoms with Crippen molar-refractivity contribution in [2.45, 2.75) is 12.8 Å². The predicted octanol–water partition coefficient (Wildman–Crippen LogP) is 9.67. The first-order valence-corrected chi connectivity index (χ1v) is 13.3. The smallest absolute Gasteiger partial charge is 0.0537 e. The van der Waals surface area contributed by atoms with Gasteiger partial charge in [-0.2, -0.15) is 0 Å². The monoisotopic (exact) mass is 488 g/mol. The van der Waals surface area contributed by atoms with Crippen LogP contribution in [0.4, 0.5) is 11.4 Å². The van der Waals surface area contributed by atoms with Gasteiger partial charge in [0.2, 0.25) is 0 Å². The predicted molar refractivity (Wildman–Crippen MR) is 161 cm³/mol. The molecule has 1 aliphatic rings. The van der Waals surface area contributed by atoms with Gasteiger partial charge in [0, 0.05) is 28.1 Å². The molecule has 182 valence electrons. The fourth-order valence-electron chi connectivity index (χ4n) is 5.58. The van der Waals surface area contributed by atoms with E-state index in [-0.39, 0.29) is 0 Å². The number of rotatable bonds is 5. The average molecular weight is 489 g/mol. The molecule has 1 N–H and O–H groups in total. The molecule has 0 spiro atoms. The van der Waals surface area contributed by atoms with Gasteiger partial charge in [0.15, 0.2) is 0 Å². The van der Waals surface area contributed by atoms with Crippen LogP contribution >= 0.6 is 0 Å². The summed E-state index contributed by atoms with van der Waals surface area (Å²) >= 11 is 0. The third kappa shape index (κ3) is 4.10. The van der Waals surface area contributed by atoms with Gasteiger partial charge in [0.25, 0.3) is 0 Å². The molecule has 1 aromatic heterocycles. The second-order valence-corrected chi connectivity index (χ2v) is 9.85. The lowest BCUT2D eigenvalue weighted by atomic mass is 10.0. The van der Waals surface area contributed by atoms with Gasteiger partial charge < -0.3 is 9.88 Å². The Kier molecular flexibility index (Phi) is 5.64. The van der Waals surface area contributed by atoms with Crippen molar-refractivity contribution in [3.05, 3.63) is 145 Å². The number of aromatic nitrogens is 1. The van der Waals surface area contributed by atoms with Gasteiger partial charge in [-0.1, -0.05) is 91.0 Å². The molecule has 0 fully saturated rings. The third-order valence-electron chi connectivity index (χ3n) is 7.46. The molecule has 2 heteroatoms. The minimum Gasteiger partial charge on any atom is -0.356 e. The summed E-state index contributed by atoms with van der Waals surface area (Å²) in [6.07, 6.45) is 6.79. The molecule has 0 bridgehead atoms. The van der Waals surface area contributed by atoms with Crippen LogP contribution in [-0.2, 0) is 6.42 Å². The van der Waals surface area contributed by atoms with Gasteiger partial charge in [-0.05, 0) is 89.2 Å². The van der Waals surface area contributed by atoms with Crippen LogP contribution in [0.2, 0.25) is 0 Å². The Bertz CT molecular complexity index is 1760. The van der Waals surface area contributed by atoms with Crippen LogP contribution in [0.5, 0.6) is 0 Å². The molecule has 0 saturated heterocycles. The standard InChI is InChI=1S/C36H28N2/c1-2-9-26(10-3-1)27-17-21-30(22-18-27)37-31-23-19-28(20-24-31)29-11-8-12-32(25-29)38-35-15-6-4-13-33(35)34-14-5-7-16-36(34)38/h1-4,6-13,15-25,37H,5,14H2. The maximum absolute atomic E-state index is 3.54. The molecule has 0 radical (unpaired) electrons. The van der Waals surface area contributed by atoms with Gasteiger partial charge >= 0.3 is 0 Å². The Morgan fingerprint density at radius 2 is 1.18 bits per heavy atom. The zero-order valence-electron chi connectivity index (χ0n) is 21.1. The number of fused-ring (bicyclic) bond motifs is 3. The highest BCUT2D eigenvalue weighted by Crippen LogP contribution is 2.35. The van der Waals surface area contributed by atoms with Crippen molar-refractivity contribution in [3.8, 4) is 27.9 Å². The summed E-state index contributed by atoms with van der Waals surface area (Å²) < 4.78 is 2.42. The number of benzene rings is 5. The molecule has 7 rings (SSSR count). The van der Waals surface area contributed by atoms with Crippen molar-refractivity contribution in [3.63, 3.8) is 0 Å². The number of hydrogen-bond acceptors (Lipinski definition) is 1. The summed E-state index contributed by atoms with van der Waals surface area (Å²) in [5, 5.41) is 4.90. The molecule has 2 nitrogen and oxygen atoms in total. The fraction of sp³-hybridized carbons (Fsp3) is 0.0556. The Labute approximate surface area is 223 Å². The number of anilines is 2. The first-order chi connectivity index (χ1) is 18.8. The number of nitrogens with zero attached hydrogens (tertiary/aromatic N) is 1. The van der Waals surface area contributed by atoms with E-state index in [9.17, 15) is 0 Å². The van der Waals surface area contributed by atoms with Crippen LogP contribution in [0.25, 0.3) is 44.9 Å². The van der Waals surface area contributed by atoms with Gasteiger partial charge in [-0.15, -0.1) is 0 Å². The molecular weight excluding hydrogens is 460 g/mol. The molecule has 0 amide bonds. The Morgan fingerprint density at radius 3 is 1.95 bits per heavy atom. The number of nitrogens with one attached hydrogen (secondary N) is 1. The number of aryl methyl sites for hydroxylation is 1.